The van der Waals surface area contributed by atoms with Crippen LogP contribution in [0.25, 0.3) is 0 Å². The smallest absolute Gasteiger partial charge is 0.312 e. The van der Waals surface area contributed by atoms with Crippen molar-refractivity contribution in [3.05, 3.63) is 0 Å². The molecule has 0 aromatic heterocycles. The van der Waals surface area contributed by atoms with Crippen LogP contribution in [0.15, 0.2) is 0 Å². The van der Waals surface area contributed by atoms with Crippen LogP contribution in [0.4, 0.5) is 0 Å². The maximum Gasteiger partial charge on any atom is 0.312 e. The first-order valence-electron chi connectivity index (χ1n) is 7.89. The minimum absolute atomic E-state index is 0.0726. The Bertz CT molecular complexity index is 524. The Morgan fingerprint density at radius 2 is 1.95 bits per heavy atom. The number of aliphatic carboxylic acids is 1. The van der Waals surface area contributed by atoms with Crippen LogP contribution in [0.1, 0.15) is 44.9 Å². The van der Waals surface area contributed by atoms with Gasteiger partial charge in [0.05, 0.1) is 16.8 Å². The zero-order valence-electron chi connectivity index (χ0n) is 12.5. The molecule has 1 saturated heterocycles. The van der Waals surface area contributed by atoms with Crippen LogP contribution in [0, 0.1) is 17.3 Å². The lowest BCUT2D eigenvalue weighted by Gasteiger charge is -2.41. The SMILES string of the molecule is CS(=O)(=O)C1CCCC(C2(C(=O)O)CCOC2C2CC2)C1. The lowest BCUT2D eigenvalue weighted by atomic mass is 9.64. The summed E-state index contributed by atoms with van der Waals surface area (Å²) in [5, 5.41) is 9.54. The maximum absolute atomic E-state index is 12.1. The average molecular weight is 316 g/mol. The van der Waals surface area contributed by atoms with Gasteiger partial charge < -0.3 is 9.84 Å². The van der Waals surface area contributed by atoms with Gasteiger partial charge in [-0.25, -0.2) is 8.42 Å². The van der Waals surface area contributed by atoms with Crippen molar-refractivity contribution in [2.45, 2.75) is 56.3 Å². The highest BCUT2D eigenvalue weighted by molar-refractivity contribution is 7.91. The standard InChI is InChI=1S/C15H24O5S/c1-21(18,19)12-4-2-3-11(9-12)15(14(16)17)7-8-20-13(15)10-5-6-10/h10-13H,2-9H2,1H3,(H,16,17). The van der Waals surface area contributed by atoms with Crippen molar-refractivity contribution < 1.29 is 23.1 Å². The van der Waals surface area contributed by atoms with Crippen LogP contribution in [0.5, 0.6) is 0 Å². The quantitative estimate of drug-likeness (QED) is 0.856. The highest BCUT2D eigenvalue weighted by atomic mass is 32.2. The summed E-state index contributed by atoms with van der Waals surface area (Å²) < 4.78 is 29.5. The van der Waals surface area contributed by atoms with Crippen molar-refractivity contribution in [2.24, 2.45) is 17.3 Å². The molecule has 21 heavy (non-hydrogen) atoms. The van der Waals surface area contributed by atoms with Gasteiger partial charge in [-0.05, 0) is 50.4 Å². The molecule has 0 aromatic rings. The van der Waals surface area contributed by atoms with Crippen molar-refractivity contribution in [3.8, 4) is 0 Å². The fourth-order valence-corrected chi connectivity index (χ4v) is 5.62. The first kappa shape index (κ1) is 15.3. The summed E-state index contributed by atoms with van der Waals surface area (Å²) in [6.45, 7) is 0.494. The molecule has 2 saturated carbocycles. The van der Waals surface area contributed by atoms with Gasteiger partial charge in [-0.1, -0.05) is 6.42 Å². The second-order valence-corrected chi connectivity index (χ2v) is 9.37. The zero-order chi connectivity index (χ0) is 15.3. The van der Waals surface area contributed by atoms with E-state index in [0.717, 1.165) is 25.7 Å². The number of ether oxygens (including phenoxy) is 1. The number of rotatable bonds is 4. The van der Waals surface area contributed by atoms with Gasteiger partial charge in [0.25, 0.3) is 0 Å². The van der Waals surface area contributed by atoms with Crippen molar-refractivity contribution >= 4 is 15.8 Å². The van der Waals surface area contributed by atoms with E-state index in [-0.39, 0.29) is 17.3 Å². The summed E-state index contributed by atoms with van der Waals surface area (Å²) in [5.41, 5.74) is -0.857. The van der Waals surface area contributed by atoms with Crippen LogP contribution in [-0.4, -0.2) is 43.7 Å². The Hall–Kier alpha value is -0.620. The lowest BCUT2D eigenvalue weighted by Crippen LogP contribution is -2.49. The van der Waals surface area contributed by atoms with Gasteiger partial charge in [0.15, 0.2) is 0 Å². The third-order valence-corrected chi connectivity index (χ3v) is 7.37. The molecule has 120 valence electrons. The van der Waals surface area contributed by atoms with E-state index in [1.165, 1.54) is 6.26 Å². The Kier molecular flexibility index (Phi) is 3.81. The number of carbonyl (C=O) groups is 1. The van der Waals surface area contributed by atoms with Crippen LogP contribution < -0.4 is 0 Å². The second-order valence-electron chi connectivity index (χ2n) is 7.04. The fraction of sp³-hybridized carbons (Fsp3) is 0.933. The van der Waals surface area contributed by atoms with Gasteiger partial charge in [0, 0.05) is 12.9 Å². The molecule has 0 spiro atoms. The lowest BCUT2D eigenvalue weighted by molar-refractivity contribution is -0.159. The zero-order valence-corrected chi connectivity index (χ0v) is 13.3. The largest absolute Gasteiger partial charge is 0.481 e. The summed E-state index contributed by atoms with van der Waals surface area (Å²) in [4.78, 5) is 12.1. The Morgan fingerprint density at radius 1 is 1.24 bits per heavy atom. The molecule has 1 heterocycles. The van der Waals surface area contributed by atoms with Crippen LogP contribution in [-0.2, 0) is 19.4 Å². The fourth-order valence-electron chi connectivity index (χ4n) is 4.44. The monoisotopic (exact) mass is 316 g/mol. The van der Waals surface area contributed by atoms with Crippen molar-refractivity contribution in [2.75, 3.05) is 12.9 Å². The van der Waals surface area contributed by atoms with Gasteiger partial charge in [0.2, 0.25) is 0 Å². The summed E-state index contributed by atoms with van der Waals surface area (Å²) in [6, 6.07) is 0. The number of hydrogen-bond donors (Lipinski definition) is 1. The molecule has 3 aliphatic rings. The average Bonchev–Trinajstić information content (AvgIpc) is 3.16. The normalized spacial score (nSPS) is 41.1. The molecule has 4 unspecified atom stereocenters. The molecule has 0 aromatic carbocycles. The molecule has 5 nitrogen and oxygen atoms in total. The minimum Gasteiger partial charge on any atom is -0.481 e. The van der Waals surface area contributed by atoms with E-state index in [1.54, 1.807) is 0 Å². The Labute approximate surface area is 126 Å². The molecule has 1 N–H and O–H groups in total. The number of carboxylic acids is 1. The second kappa shape index (κ2) is 5.23. The maximum atomic E-state index is 12.1. The molecule has 4 atom stereocenters. The van der Waals surface area contributed by atoms with Crippen LogP contribution in [0.2, 0.25) is 0 Å². The third kappa shape index (κ3) is 2.61. The molecule has 3 rings (SSSR count). The molecule has 0 bridgehead atoms. The van der Waals surface area contributed by atoms with E-state index < -0.39 is 21.2 Å². The summed E-state index contributed by atoms with van der Waals surface area (Å²) in [7, 11) is -3.10. The highest BCUT2D eigenvalue weighted by Crippen LogP contribution is 2.55. The van der Waals surface area contributed by atoms with E-state index >= 15 is 0 Å². The van der Waals surface area contributed by atoms with Gasteiger partial charge in [-0.15, -0.1) is 0 Å². The minimum atomic E-state index is -3.10. The summed E-state index contributed by atoms with van der Waals surface area (Å²) >= 11 is 0. The van der Waals surface area contributed by atoms with E-state index in [1.807, 2.05) is 0 Å². The predicted octanol–water partition coefficient (Wildman–Crippen LogP) is 1.86. The summed E-state index contributed by atoms with van der Waals surface area (Å²) in [5.74, 6) is -0.491. The van der Waals surface area contributed by atoms with Gasteiger partial charge in [-0.2, -0.15) is 0 Å². The van der Waals surface area contributed by atoms with Gasteiger partial charge >= 0.3 is 5.97 Å². The molecule has 0 radical (unpaired) electrons. The first-order valence-corrected chi connectivity index (χ1v) is 9.85. The molecule has 6 heteroatoms. The van der Waals surface area contributed by atoms with Crippen molar-refractivity contribution in [1.29, 1.82) is 0 Å². The highest BCUT2D eigenvalue weighted by Gasteiger charge is 2.60. The topological polar surface area (TPSA) is 80.7 Å². The van der Waals surface area contributed by atoms with Crippen LogP contribution in [0.3, 0.4) is 0 Å². The van der Waals surface area contributed by atoms with E-state index in [0.29, 0.717) is 31.8 Å². The molecular formula is C15H24O5S. The molecular weight excluding hydrogens is 292 g/mol. The first-order chi connectivity index (χ1) is 9.85. The molecule has 2 aliphatic carbocycles. The van der Waals surface area contributed by atoms with E-state index in [9.17, 15) is 18.3 Å². The third-order valence-electron chi connectivity index (χ3n) is 5.73. The summed E-state index contributed by atoms with van der Waals surface area (Å²) in [6.07, 6.45) is 6.45. The van der Waals surface area contributed by atoms with E-state index in [4.69, 9.17) is 4.74 Å². The molecule has 0 amide bonds. The van der Waals surface area contributed by atoms with Crippen molar-refractivity contribution in [3.63, 3.8) is 0 Å². The Morgan fingerprint density at radius 3 is 2.52 bits per heavy atom. The number of hydrogen-bond acceptors (Lipinski definition) is 4. The van der Waals surface area contributed by atoms with Crippen molar-refractivity contribution in [1.82, 2.24) is 0 Å². The van der Waals surface area contributed by atoms with E-state index in [2.05, 4.69) is 0 Å². The Balaban J connectivity index is 1.88. The molecule has 1 aliphatic heterocycles. The van der Waals surface area contributed by atoms with Gasteiger partial charge in [0.1, 0.15) is 9.84 Å². The molecule has 3 fully saturated rings. The van der Waals surface area contributed by atoms with Crippen LogP contribution >= 0.6 is 0 Å². The van der Waals surface area contributed by atoms with Gasteiger partial charge in [-0.3, -0.25) is 4.79 Å². The number of carboxylic acid groups (broad SMARTS) is 1. The predicted molar refractivity (Wildman–Crippen MR) is 77.7 cm³/mol. The number of sulfone groups is 1.